The first-order valence-electron chi connectivity index (χ1n) is 7.63. The molecule has 0 bridgehead atoms. The summed E-state index contributed by atoms with van der Waals surface area (Å²) in [5, 5.41) is 0.446. The van der Waals surface area contributed by atoms with Crippen molar-refractivity contribution in [1.82, 2.24) is 0 Å². The van der Waals surface area contributed by atoms with Gasteiger partial charge in [0.15, 0.2) is 0 Å². The summed E-state index contributed by atoms with van der Waals surface area (Å²) < 4.78 is 0. The maximum atomic E-state index is 11.0. The summed E-state index contributed by atoms with van der Waals surface area (Å²) in [5.41, 5.74) is 0. The molecule has 0 aromatic heterocycles. The van der Waals surface area contributed by atoms with Crippen molar-refractivity contribution in [2.45, 2.75) is 45.4 Å². The van der Waals surface area contributed by atoms with E-state index in [1.54, 1.807) is 0 Å². The van der Waals surface area contributed by atoms with Gasteiger partial charge in [-0.25, -0.2) is 0 Å². The second-order valence-corrected chi connectivity index (χ2v) is 5.15. The SMILES string of the molecule is CC/C=C\C/C=C\C/C=C\C/C=C\C/C=C\CC(=O)CBr. The molecule has 2 heteroatoms. The zero-order valence-corrected chi connectivity index (χ0v) is 14.6. The normalized spacial score (nSPS) is 12.9. The van der Waals surface area contributed by atoms with Crippen LogP contribution in [-0.4, -0.2) is 11.1 Å². The van der Waals surface area contributed by atoms with Crippen LogP contribution in [0, 0.1) is 0 Å². The number of carbonyl (C=O) groups is 1. The molecular formula is C19H27BrO. The highest BCUT2D eigenvalue weighted by Crippen LogP contribution is 1.96. The Balaban J connectivity index is 3.52. The summed E-state index contributed by atoms with van der Waals surface area (Å²) in [6.07, 6.45) is 26.9. The predicted octanol–water partition coefficient (Wildman–Crippen LogP) is 6.09. The Morgan fingerprint density at radius 2 is 1.10 bits per heavy atom. The number of hydrogen-bond donors (Lipinski definition) is 0. The van der Waals surface area contributed by atoms with E-state index in [1.807, 2.05) is 12.2 Å². The number of ketones is 1. The van der Waals surface area contributed by atoms with Gasteiger partial charge in [-0.15, -0.1) is 0 Å². The molecule has 0 unspecified atom stereocenters. The van der Waals surface area contributed by atoms with Crippen LogP contribution in [-0.2, 0) is 4.79 Å². The molecule has 21 heavy (non-hydrogen) atoms. The molecule has 0 aromatic carbocycles. The lowest BCUT2D eigenvalue weighted by Gasteiger charge is -1.87. The van der Waals surface area contributed by atoms with Gasteiger partial charge >= 0.3 is 0 Å². The second-order valence-electron chi connectivity index (χ2n) is 4.58. The maximum absolute atomic E-state index is 11.0. The predicted molar refractivity (Wildman–Crippen MR) is 97.9 cm³/mol. The highest BCUT2D eigenvalue weighted by atomic mass is 79.9. The van der Waals surface area contributed by atoms with Gasteiger partial charge in [-0.1, -0.05) is 83.6 Å². The number of hydrogen-bond acceptors (Lipinski definition) is 1. The van der Waals surface area contributed by atoms with Gasteiger partial charge in [-0.3, -0.25) is 4.79 Å². The lowest BCUT2D eigenvalue weighted by atomic mass is 10.2. The zero-order chi connectivity index (χ0) is 15.6. The van der Waals surface area contributed by atoms with Gasteiger partial charge in [0, 0.05) is 6.42 Å². The van der Waals surface area contributed by atoms with E-state index in [9.17, 15) is 4.79 Å². The van der Waals surface area contributed by atoms with E-state index in [4.69, 9.17) is 0 Å². The van der Waals surface area contributed by atoms with Crippen LogP contribution in [0.3, 0.4) is 0 Å². The van der Waals surface area contributed by atoms with Gasteiger partial charge < -0.3 is 0 Å². The number of allylic oxidation sites excluding steroid dienone is 10. The van der Waals surface area contributed by atoms with Crippen molar-refractivity contribution in [2.75, 3.05) is 5.33 Å². The third kappa shape index (κ3) is 16.8. The van der Waals surface area contributed by atoms with E-state index in [1.165, 1.54) is 0 Å². The number of halogens is 1. The second kappa shape index (κ2) is 16.9. The molecular weight excluding hydrogens is 324 g/mol. The van der Waals surface area contributed by atoms with E-state index in [-0.39, 0.29) is 5.78 Å². The van der Waals surface area contributed by atoms with Crippen LogP contribution in [0.15, 0.2) is 60.8 Å². The first kappa shape index (κ1) is 19.9. The summed E-state index contributed by atoms with van der Waals surface area (Å²) in [4.78, 5) is 11.0. The van der Waals surface area contributed by atoms with E-state index in [0.29, 0.717) is 11.8 Å². The summed E-state index contributed by atoms with van der Waals surface area (Å²) in [5.74, 6) is 0.219. The molecule has 0 aliphatic carbocycles. The van der Waals surface area contributed by atoms with Crippen LogP contribution < -0.4 is 0 Å². The Morgan fingerprint density at radius 1 is 0.714 bits per heavy atom. The van der Waals surface area contributed by atoms with Gasteiger partial charge in [0.2, 0.25) is 0 Å². The molecule has 0 fully saturated rings. The van der Waals surface area contributed by atoms with Crippen molar-refractivity contribution >= 4 is 21.7 Å². The zero-order valence-electron chi connectivity index (χ0n) is 13.0. The molecule has 0 heterocycles. The van der Waals surface area contributed by atoms with Crippen LogP contribution in [0.5, 0.6) is 0 Å². The quantitative estimate of drug-likeness (QED) is 0.307. The van der Waals surface area contributed by atoms with Gasteiger partial charge in [-0.2, -0.15) is 0 Å². The fourth-order valence-electron chi connectivity index (χ4n) is 1.52. The lowest BCUT2D eigenvalue weighted by Crippen LogP contribution is -1.94. The average Bonchev–Trinajstić information content (AvgIpc) is 2.50. The molecule has 0 aromatic rings. The van der Waals surface area contributed by atoms with Crippen LogP contribution in [0.2, 0.25) is 0 Å². The highest BCUT2D eigenvalue weighted by Gasteiger charge is 1.92. The third-order valence-electron chi connectivity index (χ3n) is 2.65. The van der Waals surface area contributed by atoms with E-state index < -0.39 is 0 Å². The Hall–Kier alpha value is -1.15. The first-order valence-corrected chi connectivity index (χ1v) is 8.76. The van der Waals surface area contributed by atoms with Crippen molar-refractivity contribution in [2.24, 2.45) is 0 Å². The Labute approximate surface area is 138 Å². The van der Waals surface area contributed by atoms with Crippen LogP contribution in [0.25, 0.3) is 0 Å². The molecule has 116 valence electrons. The molecule has 0 saturated heterocycles. The molecule has 0 rings (SSSR count). The number of carbonyl (C=O) groups excluding carboxylic acids is 1. The number of Topliss-reactive ketones (excluding diaryl/α,β-unsaturated/α-hetero) is 1. The molecule has 1 nitrogen and oxygen atoms in total. The third-order valence-corrected chi connectivity index (χ3v) is 3.28. The van der Waals surface area contributed by atoms with Gasteiger partial charge in [0.1, 0.15) is 5.78 Å². The number of rotatable bonds is 12. The topological polar surface area (TPSA) is 17.1 Å². The molecule has 0 amide bonds. The van der Waals surface area contributed by atoms with Crippen LogP contribution in [0.4, 0.5) is 0 Å². The van der Waals surface area contributed by atoms with Crippen LogP contribution in [0.1, 0.15) is 45.4 Å². The summed E-state index contributed by atoms with van der Waals surface area (Å²) in [6, 6.07) is 0. The van der Waals surface area contributed by atoms with Crippen molar-refractivity contribution in [1.29, 1.82) is 0 Å². The maximum Gasteiger partial charge on any atom is 0.147 e. The summed E-state index contributed by atoms with van der Waals surface area (Å²) in [7, 11) is 0. The van der Waals surface area contributed by atoms with E-state index in [0.717, 1.165) is 32.1 Å². The highest BCUT2D eigenvalue weighted by molar-refractivity contribution is 9.09. The average molecular weight is 351 g/mol. The fourth-order valence-corrected chi connectivity index (χ4v) is 1.75. The Bertz CT molecular complexity index is 386. The van der Waals surface area contributed by atoms with E-state index in [2.05, 4.69) is 71.5 Å². The monoisotopic (exact) mass is 350 g/mol. The van der Waals surface area contributed by atoms with Crippen molar-refractivity contribution < 1.29 is 4.79 Å². The molecule has 0 N–H and O–H groups in total. The minimum absolute atomic E-state index is 0.219. The smallest absolute Gasteiger partial charge is 0.147 e. The fraction of sp³-hybridized carbons (Fsp3) is 0.421. The summed E-state index contributed by atoms with van der Waals surface area (Å²) >= 11 is 3.15. The standard InChI is InChI=1S/C19H27BrO/c1-2-3-4-5-6-7-8-9-10-11-12-13-14-15-16-17-19(21)18-20/h3-4,6-7,9-10,12-13,15-16H,2,5,8,11,14,17-18H2,1H3/b4-3-,7-6-,10-9-,13-12-,16-15-. The first-order chi connectivity index (χ1) is 10.3. The molecule has 0 radical (unpaired) electrons. The van der Waals surface area contributed by atoms with Gasteiger partial charge in [0.25, 0.3) is 0 Å². The molecule has 0 saturated carbocycles. The van der Waals surface area contributed by atoms with Crippen molar-refractivity contribution in [3.8, 4) is 0 Å². The Kier molecular flexibility index (Phi) is 16.0. The van der Waals surface area contributed by atoms with Gasteiger partial charge in [-0.05, 0) is 32.1 Å². The van der Waals surface area contributed by atoms with Gasteiger partial charge in [0.05, 0.1) is 5.33 Å². The Morgan fingerprint density at radius 3 is 1.48 bits per heavy atom. The van der Waals surface area contributed by atoms with Crippen molar-refractivity contribution in [3.63, 3.8) is 0 Å². The summed E-state index contributed by atoms with van der Waals surface area (Å²) in [6.45, 7) is 2.15. The molecule has 0 spiro atoms. The minimum Gasteiger partial charge on any atom is -0.298 e. The van der Waals surface area contributed by atoms with Crippen LogP contribution >= 0.6 is 15.9 Å². The van der Waals surface area contributed by atoms with E-state index >= 15 is 0 Å². The largest absolute Gasteiger partial charge is 0.298 e. The molecule has 0 atom stereocenters. The lowest BCUT2D eigenvalue weighted by molar-refractivity contribution is -0.115. The van der Waals surface area contributed by atoms with Crippen molar-refractivity contribution in [3.05, 3.63) is 60.8 Å². The minimum atomic E-state index is 0.219. The number of alkyl halides is 1. The molecule has 0 aliphatic heterocycles. The molecule has 0 aliphatic rings.